The monoisotopic (exact) mass is 938 g/mol. The molecule has 0 unspecified atom stereocenters. The Morgan fingerprint density at radius 2 is 1.26 bits per heavy atom. The molecule has 0 radical (unpaired) electrons. The molecule has 23 nitrogen and oxygen atoms in total. The second-order valence-corrected chi connectivity index (χ2v) is 15.4. The van der Waals surface area contributed by atoms with Gasteiger partial charge in [-0.15, -0.1) is 0 Å². The first-order valence-corrected chi connectivity index (χ1v) is 20.6. The lowest BCUT2D eigenvalue weighted by Crippen LogP contribution is -2.66. The fourth-order valence-corrected chi connectivity index (χ4v) is 7.14. The fourth-order valence-electron chi connectivity index (χ4n) is 7.14. The second-order valence-electron chi connectivity index (χ2n) is 15.4. The Balaban J connectivity index is 1.54. The number of aliphatic hydroxyl groups is 6. The van der Waals surface area contributed by atoms with Gasteiger partial charge in [0.1, 0.15) is 54.6 Å². The van der Waals surface area contributed by atoms with Crippen LogP contribution in [0.4, 0.5) is 0 Å². The van der Waals surface area contributed by atoms with E-state index >= 15 is 0 Å². The Morgan fingerprint density at radius 3 is 1.89 bits per heavy atom. The first kappa shape index (κ1) is 51.8. The largest absolute Gasteiger partial charge is 0.508 e. The number of phenols is 1. The number of aliphatic hydroxyl groups excluding tert-OH is 6. The van der Waals surface area contributed by atoms with Gasteiger partial charge in [-0.3, -0.25) is 19.2 Å². The van der Waals surface area contributed by atoms with Crippen LogP contribution in [0.3, 0.4) is 0 Å². The van der Waals surface area contributed by atoms with Crippen molar-refractivity contribution in [1.82, 2.24) is 0 Å². The molecule has 0 amide bonds. The predicted octanol–water partition coefficient (Wildman–Crippen LogP) is -1.32. The molecule has 2 aromatic rings. The molecule has 15 atom stereocenters. The maximum Gasteiger partial charge on any atom is 0.331 e. The van der Waals surface area contributed by atoms with E-state index in [1.165, 1.54) is 49.4 Å². The average Bonchev–Trinajstić information content (AvgIpc) is 3.25. The number of benzene rings is 2. The molecule has 23 heteroatoms. The Labute approximate surface area is 377 Å². The van der Waals surface area contributed by atoms with Gasteiger partial charge in [-0.05, 0) is 54.8 Å². The molecule has 66 heavy (non-hydrogen) atoms. The highest BCUT2D eigenvalue weighted by Gasteiger charge is 2.56. The van der Waals surface area contributed by atoms with Crippen LogP contribution in [0.1, 0.15) is 45.7 Å². The Morgan fingerprint density at radius 1 is 0.621 bits per heavy atom. The van der Waals surface area contributed by atoms with Gasteiger partial charge in [0.25, 0.3) is 0 Å². The van der Waals surface area contributed by atoms with Crippen molar-refractivity contribution in [3.8, 4) is 17.2 Å². The minimum Gasteiger partial charge on any atom is -0.508 e. The van der Waals surface area contributed by atoms with Crippen LogP contribution < -0.4 is 9.47 Å². The van der Waals surface area contributed by atoms with Gasteiger partial charge in [0.2, 0.25) is 0 Å². The van der Waals surface area contributed by atoms with Crippen molar-refractivity contribution in [2.45, 2.75) is 133 Å². The van der Waals surface area contributed by atoms with Crippen molar-refractivity contribution in [2.24, 2.45) is 0 Å². The zero-order valence-corrected chi connectivity index (χ0v) is 36.3. The molecule has 0 bridgehead atoms. The summed E-state index contributed by atoms with van der Waals surface area (Å²) >= 11 is 0. The Kier molecular flexibility index (Phi) is 18.5. The number of rotatable bonds is 17. The maximum atomic E-state index is 13.7. The van der Waals surface area contributed by atoms with Crippen LogP contribution in [-0.2, 0) is 73.0 Å². The zero-order chi connectivity index (χ0) is 48.4. The normalized spacial score (nSPS) is 32.3. The molecule has 7 N–H and O–H groups in total. The SMILES string of the molecule is CC(=O)Oc1ccc(CCO[C@@H]2O[C@H](CO[C@H]3O[C@H](CO)[C@@H](O)[C@H](O)[C@@H]3O)[C@H](OC(=O)C=Cc3ccc(O)cc3)[C@@H](O[C@H]3O[C@H](C)[C@H](O)[C@H](O)[C@H]3OC(C)=O)[C@@H]2OC(C)=O)cc1OC(C)=O. The summed E-state index contributed by atoms with van der Waals surface area (Å²) in [5.74, 6) is -4.47. The molecule has 3 heterocycles. The highest BCUT2D eigenvalue weighted by Crippen LogP contribution is 2.35. The van der Waals surface area contributed by atoms with Crippen LogP contribution in [0.2, 0.25) is 0 Å². The van der Waals surface area contributed by atoms with Crippen molar-refractivity contribution in [2.75, 3.05) is 19.8 Å². The minimum absolute atomic E-state index is 0.0289. The lowest BCUT2D eigenvalue weighted by Gasteiger charge is -2.48. The van der Waals surface area contributed by atoms with Gasteiger partial charge in [0.15, 0.2) is 48.7 Å². The van der Waals surface area contributed by atoms with Crippen molar-refractivity contribution >= 4 is 35.9 Å². The topological polar surface area (TPSA) is 328 Å². The summed E-state index contributed by atoms with van der Waals surface area (Å²) in [4.78, 5) is 62.3. The van der Waals surface area contributed by atoms with Crippen molar-refractivity contribution in [3.63, 3.8) is 0 Å². The quantitative estimate of drug-likeness (QED) is 0.0419. The fraction of sp³-hybridized carbons (Fsp3) is 0.558. The third-order valence-corrected chi connectivity index (χ3v) is 10.3. The Hall–Kier alpha value is -5.15. The van der Waals surface area contributed by atoms with Gasteiger partial charge in [0.05, 0.1) is 25.9 Å². The van der Waals surface area contributed by atoms with Crippen molar-refractivity contribution in [1.29, 1.82) is 0 Å². The molecule has 0 saturated carbocycles. The molecular formula is C43H54O23. The molecule has 364 valence electrons. The van der Waals surface area contributed by atoms with Crippen LogP contribution in [0, 0.1) is 0 Å². The highest BCUT2D eigenvalue weighted by molar-refractivity contribution is 5.87. The van der Waals surface area contributed by atoms with Crippen LogP contribution in [0.15, 0.2) is 48.5 Å². The van der Waals surface area contributed by atoms with E-state index in [0.717, 1.165) is 33.8 Å². The summed E-state index contributed by atoms with van der Waals surface area (Å²) in [5.41, 5.74) is 0.930. The lowest BCUT2D eigenvalue weighted by molar-refractivity contribution is -0.364. The number of carbonyl (C=O) groups is 5. The first-order chi connectivity index (χ1) is 31.3. The predicted molar refractivity (Wildman–Crippen MR) is 216 cm³/mol. The van der Waals surface area contributed by atoms with Gasteiger partial charge in [0, 0.05) is 33.8 Å². The van der Waals surface area contributed by atoms with E-state index in [-0.39, 0.29) is 30.3 Å². The first-order valence-electron chi connectivity index (χ1n) is 20.6. The summed E-state index contributed by atoms with van der Waals surface area (Å²) in [7, 11) is 0. The standard InChI is InChI=1S/C43H54O23/c1-19-32(51)35(54)38(61-22(4)47)43(58-19)66-39-37(65-31(50)13-9-24-6-10-26(49)11-7-24)30(18-57-41-36(55)34(53)33(52)29(17-44)63-41)64-42(40(39)62-23(5)48)56-15-14-25-8-12-27(59-20(2)45)28(16-25)60-21(3)46/h6-13,16,19,29-30,32-44,49,51-55H,14-15,17-18H2,1-5H3/t19-,29-,30-,32+,33-,34+,35+,36+,37+,38-,39-,40+,41+,42-,43-/m1/s1. The number of aromatic hydroxyl groups is 1. The molecule has 0 aromatic heterocycles. The van der Waals surface area contributed by atoms with Gasteiger partial charge in [-0.1, -0.05) is 18.2 Å². The summed E-state index contributed by atoms with van der Waals surface area (Å²) < 4.78 is 63.4. The van der Waals surface area contributed by atoms with E-state index < -0.39 is 135 Å². The zero-order valence-electron chi connectivity index (χ0n) is 36.3. The molecule has 0 aliphatic carbocycles. The molecule has 2 aromatic carbocycles. The van der Waals surface area contributed by atoms with Gasteiger partial charge >= 0.3 is 29.8 Å². The van der Waals surface area contributed by atoms with E-state index in [2.05, 4.69) is 0 Å². The number of phenolic OH excluding ortho intramolecular Hbond substituents is 1. The average molecular weight is 939 g/mol. The van der Waals surface area contributed by atoms with Crippen LogP contribution in [0.5, 0.6) is 17.2 Å². The number of hydrogen-bond acceptors (Lipinski definition) is 23. The maximum absolute atomic E-state index is 13.7. The molecule has 3 aliphatic heterocycles. The van der Waals surface area contributed by atoms with E-state index in [1.54, 1.807) is 6.07 Å². The van der Waals surface area contributed by atoms with Gasteiger partial charge in [-0.2, -0.15) is 0 Å². The van der Waals surface area contributed by atoms with E-state index in [1.807, 2.05) is 0 Å². The van der Waals surface area contributed by atoms with Gasteiger partial charge < -0.3 is 87.9 Å². The van der Waals surface area contributed by atoms with E-state index in [9.17, 15) is 59.7 Å². The summed E-state index contributed by atoms with van der Waals surface area (Å²) in [5, 5.41) is 72.8. The summed E-state index contributed by atoms with van der Waals surface area (Å²) in [6.07, 6.45) is -22.8. The number of hydrogen-bond donors (Lipinski definition) is 7. The molecule has 0 spiro atoms. The third kappa shape index (κ3) is 13.7. The van der Waals surface area contributed by atoms with Crippen molar-refractivity contribution in [3.05, 3.63) is 59.7 Å². The summed E-state index contributed by atoms with van der Waals surface area (Å²) in [6.45, 7) is 3.94. The smallest absolute Gasteiger partial charge is 0.331 e. The minimum atomic E-state index is -1.90. The molecule has 3 saturated heterocycles. The van der Waals surface area contributed by atoms with Crippen molar-refractivity contribution < 1.29 is 112 Å². The second kappa shape index (κ2) is 23.5. The molecule has 5 rings (SSSR count). The molecule has 3 fully saturated rings. The van der Waals surface area contributed by atoms with Crippen LogP contribution >= 0.6 is 0 Å². The number of esters is 5. The van der Waals surface area contributed by atoms with Crippen LogP contribution in [-0.4, -0.2) is 178 Å². The summed E-state index contributed by atoms with van der Waals surface area (Å²) in [6, 6.07) is 10.1. The van der Waals surface area contributed by atoms with E-state index in [4.69, 9.17) is 52.1 Å². The third-order valence-electron chi connectivity index (χ3n) is 10.3. The molecular weight excluding hydrogens is 884 g/mol. The lowest BCUT2D eigenvalue weighted by atomic mass is 9.96. The Bertz CT molecular complexity index is 2010. The highest BCUT2D eigenvalue weighted by atomic mass is 16.8. The van der Waals surface area contributed by atoms with Crippen LogP contribution in [0.25, 0.3) is 6.08 Å². The van der Waals surface area contributed by atoms with E-state index in [0.29, 0.717) is 11.1 Å². The molecule has 3 aliphatic rings. The number of ether oxygens (including phenoxy) is 11. The number of carbonyl (C=O) groups excluding carboxylic acids is 5. The van der Waals surface area contributed by atoms with Gasteiger partial charge in [-0.25, -0.2) is 4.79 Å².